The third-order valence-corrected chi connectivity index (χ3v) is 2.58. The van der Waals surface area contributed by atoms with Crippen LogP contribution in [0, 0.1) is 0 Å². The Bertz CT molecular complexity index is 526. The summed E-state index contributed by atoms with van der Waals surface area (Å²) >= 11 is 0. The van der Waals surface area contributed by atoms with Crippen molar-refractivity contribution >= 4 is 11.6 Å². The lowest BCUT2D eigenvalue weighted by atomic mass is 10.2. The summed E-state index contributed by atoms with van der Waals surface area (Å²) in [4.78, 5) is 15.9. The number of pyridine rings is 1. The number of amides is 1. The van der Waals surface area contributed by atoms with Gasteiger partial charge in [0.05, 0.1) is 0 Å². The summed E-state index contributed by atoms with van der Waals surface area (Å²) in [6.07, 6.45) is 1.61. The topological polar surface area (TPSA) is 54.0 Å². The zero-order valence-corrected chi connectivity index (χ0v) is 10.2. The molecule has 1 aromatic heterocycles. The number of carbonyl (C=O) groups excluding carboxylic acids is 1. The van der Waals surface area contributed by atoms with Gasteiger partial charge in [-0.3, -0.25) is 9.78 Å². The Kier molecular flexibility index (Phi) is 3.91. The summed E-state index contributed by atoms with van der Waals surface area (Å²) in [7, 11) is 1.81. The first-order valence-corrected chi connectivity index (χ1v) is 5.75. The highest BCUT2D eigenvalue weighted by Crippen LogP contribution is 2.07. The van der Waals surface area contributed by atoms with Crippen LogP contribution in [0.3, 0.4) is 0 Å². The SMILES string of the molecule is CNc1ccnc(C(=O)NCc2ccccc2)c1. The molecule has 92 valence electrons. The zero-order chi connectivity index (χ0) is 12.8. The molecule has 0 saturated heterocycles. The highest BCUT2D eigenvalue weighted by molar-refractivity contribution is 5.93. The number of aromatic nitrogens is 1. The molecule has 0 spiro atoms. The van der Waals surface area contributed by atoms with Crippen LogP contribution in [0.25, 0.3) is 0 Å². The maximum absolute atomic E-state index is 11.9. The van der Waals surface area contributed by atoms with Crippen molar-refractivity contribution in [2.45, 2.75) is 6.54 Å². The quantitative estimate of drug-likeness (QED) is 0.861. The molecule has 0 bridgehead atoms. The Morgan fingerprint density at radius 3 is 2.72 bits per heavy atom. The van der Waals surface area contributed by atoms with E-state index in [-0.39, 0.29) is 5.91 Å². The minimum absolute atomic E-state index is 0.170. The van der Waals surface area contributed by atoms with Crippen LogP contribution in [0.2, 0.25) is 0 Å². The van der Waals surface area contributed by atoms with E-state index in [1.165, 1.54) is 0 Å². The highest BCUT2D eigenvalue weighted by atomic mass is 16.1. The number of benzene rings is 1. The molecule has 1 heterocycles. The molecule has 0 saturated carbocycles. The van der Waals surface area contributed by atoms with E-state index in [0.717, 1.165) is 11.3 Å². The molecule has 1 amide bonds. The molecule has 0 aliphatic carbocycles. The molecule has 0 aliphatic rings. The van der Waals surface area contributed by atoms with E-state index in [1.807, 2.05) is 36.4 Å². The molecule has 4 heteroatoms. The van der Waals surface area contributed by atoms with E-state index in [9.17, 15) is 4.79 Å². The van der Waals surface area contributed by atoms with Crippen LogP contribution in [-0.4, -0.2) is 17.9 Å². The predicted molar refractivity (Wildman–Crippen MR) is 71.4 cm³/mol. The average molecular weight is 241 g/mol. The van der Waals surface area contributed by atoms with Crippen molar-refractivity contribution in [2.24, 2.45) is 0 Å². The second kappa shape index (κ2) is 5.82. The second-order valence-electron chi connectivity index (χ2n) is 3.85. The van der Waals surface area contributed by atoms with Gasteiger partial charge in [0.1, 0.15) is 5.69 Å². The van der Waals surface area contributed by atoms with Gasteiger partial charge < -0.3 is 10.6 Å². The van der Waals surface area contributed by atoms with Crippen LogP contribution < -0.4 is 10.6 Å². The molecular weight excluding hydrogens is 226 g/mol. The lowest BCUT2D eigenvalue weighted by Gasteiger charge is -2.06. The average Bonchev–Trinajstić information content (AvgIpc) is 2.46. The second-order valence-corrected chi connectivity index (χ2v) is 3.85. The van der Waals surface area contributed by atoms with Gasteiger partial charge in [-0.25, -0.2) is 0 Å². The summed E-state index contributed by atoms with van der Waals surface area (Å²) in [5.74, 6) is -0.170. The lowest BCUT2D eigenvalue weighted by Crippen LogP contribution is -2.23. The Balaban J connectivity index is 1.99. The van der Waals surface area contributed by atoms with Gasteiger partial charge in [0.25, 0.3) is 5.91 Å². The minimum atomic E-state index is -0.170. The number of nitrogens with one attached hydrogen (secondary N) is 2. The van der Waals surface area contributed by atoms with E-state index >= 15 is 0 Å². The van der Waals surface area contributed by atoms with Gasteiger partial charge in [-0.05, 0) is 17.7 Å². The fraction of sp³-hybridized carbons (Fsp3) is 0.143. The predicted octanol–water partition coefficient (Wildman–Crippen LogP) is 2.05. The molecule has 2 aromatic rings. The van der Waals surface area contributed by atoms with E-state index in [1.54, 1.807) is 19.3 Å². The van der Waals surface area contributed by atoms with Crippen molar-refractivity contribution in [1.82, 2.24) is 10.3 Å². The maximum Gasteiger partial charge on any atom is 0.270 e. The third kappa shape index (κ3) is 3.07. The molecule has 0 aliphatic heterocycles. The van der Waals surface area contributed by atoms with Crippen molar-refractivity contribution in [3.05, 3.63) is 59.9 Å². The molecule has 18 heavy (non-hydrogen) atoms. The van der Waals surface area contributed by atoms with Crippen molar-refractivity contribution in [2.75, 3.05) is 12.4 Å². The number of nitrogens with zero attached hydrogens (tertiary/aromatic N) is 1. The van der Waals surface area contributed by atoms with Crippen LogP contribution in [-0.2, 0) is 6.54 Å². The van der Waals surface area contributed by atoms with Crippen molar-refractivity contribution < 1.29 is 4.79 Å². The standard InChI is InChI=1S/C14H15N3O/c1-15-12-7-8-16-13(9-12)14(18)17-10-11-5-3-2-4-6-11/h2-9H,10H2,1H3,(H,15,16)(H,17,18). The summed E-state index contributed by atoms with van der Waals surface area (Å²) < 4.78 is 0. The van der Waals surface area contributed by atoms with Crippen LogP contribution in [0.15, 0.2) is 48.7 Å². The fourth-order valence-corrected chi connectivity index (χ4v) is 1.58. The Labute approximate surface area is 106 Å². The number of rotatable bonds is 4. The van der Waals surface area contributed by atoms with Gasteiger partial charge in [0.2, 0.25) is 0 Å². The van der Waals surface area contributed by atoms with E-state index < -0.39 is 0 Å². The summed E-state index contributed by atoms with van der Waals surface area (Å²) in [5, 5.41) is 5.81. The van der Waals surface area contributed by atoms with Gasteiger partial charge in [-0.1, -0.05) is 30.3 Å². The third-order valence-electron chi connectivity index (χ3n) is 2.58. The summed E-state index contributed by atoms with van der Waals surface area (Å²) in [6, 6.07) is 13.3. The Morgan fingerprint density at radius 2 is 2.00 bits per heavy atom. The molecule has 1 aromatic carbocycles. The zero-order valence-electron chi connectivity index (χ0n) is 10.2. The van der Waals surface area contributed by atoms with E-state index in [0.29, 0.717) is 12.2 Å². The van der Waals surface area contributed by atoms with Gasteiger partial charge in [-0.15, -0.1) is 0 Å². The van der Waals surface area contributed by atoms with Crippen LogP contribution in [0.1, 0.15) is 16.1 Å². The minimum Gasteiger partial charge on any atom is -0.388 e. The highest BCUT2D eigenvalue weighted by Gasteiger charge is 2.06. The first kappa shape index (κ1) is 12.1. The first-order valence-electron chi connectivity index (χ1n) is 5.75. The van der Waals surface area contributed by atoms with Crippen molar-refractivity contribution in [3.8, 4) is 0 Å². The fourth-order valence-electron chi connectivity index (χ4n) is 1.58. The van der Waals surface area contributed by atoms with Crippen molar-refractivity contribution in [3.63, 3.8) is 0 Å². The van der Waals surface area contributed by atoms with Gasteiger partial charge in [0, 0.05) is 25.5 Å². The number of carbonyl (C=O) groups is 1. The number of hydrogen-bond acceptors (Lipinski definition) is 3. The molecule has 0 radical (unpaired) electrons. The molecule has 4 nitrogen and oxygen atoms in total. The van der Waals surface area contributed by atoms with E-state index in [4.69, 9.17) is 0 Å². The van der Waals surface area contributed by atoms with Gasteiger partial charge in [-0.2, -0.15) is 0 Å². The summed E-state index contributed by atoms with van der Waals surface area (Å²) in [6.45, 7) is 0.505. The number of anilines is 1. The van der Waals surface area contributed by atoms with Gasteiger partial charge >= 0.3 is 0 Å². The van der Waals surface area contributed by atoms with Crippen molar-refractivity contribution in [1.29, 1.82) is 0 Å². The van der Waals surface area contributed by atoms with Crippen LogP contribution >= 0.6 is 0 Å². The van der Waals surface area contributed by atoms with Crippen LogP contribution in [0.5, 0.6) is 0 Å². The molecule has 2 N–H and O–H groups in total. The molecule has 0 unspecified atom stereocenters. The lowest BCUT2D eigenvalue weighted by molar-refractivity contribution is 0.0946. The summed E-state index contributed by atoms with van der Waals surface area (Å²) in [5.41, 5.74) is 2.35. The largest absolute Gasteiger partial charge is 0.388 e. The smallest absolute Gasteiger partial charge is 0.270 e. The normalized spacial score (nSPS) is 9.83. The Morgan fingerprint density at radius 1 is 1.22 bits per heavy atom. The molecule has 0 fully saturated rings. The van der Waals surface area contributed by atoms with Gasteiger partial charge in [0.15, 0.2) is 0 Å². The first-order chi connectivity index (χ1) is 8.79. The maximum atomic E-state index is 11.9. The number of hydrogen-bond donors (Lipinski definition) is 2. The molecular formula is C14H15N3O. The molecule has 2 rings (SSSR count). The van der Waals surface area contributed by atoms with Crippen LogP contribution in [0.4, 0.5) is 5.69 Å². The van der Waals surface area contributed by atoms with E-state index in [2.05, 4.69) is 15.6 Å². The molecule has 0 atom stereocenters. The Hall–Kier alpha value is -2.36. The monoisotopic (exact) mass is 241 g/mol.